The van der Waals surface area contributed by atoms with Crippen LogP contribution < -0.4 is 9.80 Å². The second-order valence-corrected chi connectivity index (χ2v) is 12.9. The van der Waals surface area contributed by atoms with E-state index in [2.05, 4.69) is 32.0 Å². The van der Waals surface area contributed by atoms with Gasteiger partial charge in [-0.3, -0.25) is 24.6 Å². The molecule has 0 saturated carbocycles. The number of nitrogens with zero attached hydrogens (tertiary/aromatic N) is 3. The Labute approximate surface area is 267 Å². The summed E-state index contributed by atoms with van der Waals surface area (Å²) in [5.74, 6) is -1.84. The van der Waals surface area contributed by atoms with Crippen LogP contribution in [0.3, 0.4) is 0 Å². The summed E-state index contributed by atoms with van der Waals surface area (Å²) in [4.78, 5) is 37.1. The summed E-state index contributed by atoms with van der Waals surface area (Å²) in [6.45, 7) is 8.65. The van der Waals surface area contributed by atoms with Crippen LogP contribution >= 0.6 is 0 Å². The number of nitriles is 1. The number of carbonyl (C=O) groups is 2. The summed E-state index contributed by atoms with van der Waals surface area (Å²) >= 11 is 0. The molecule has 2 atom stereocenters. The molecule has 0 amide bonds. The number of anilines is 1. The van der Waals surface area contributed by atoms with Crippen molar-refractivity contribution in [2.24, 2.45) is 0 Å². The first-order valence-corrected chi connectivity index (χ1v) is 15.2. The molecule has 46 heavy (non-hydrogen) atoms. The average Bonchev–Trinajstić information content (AvgIpc) is 3.36. The van der Waals surface area contributed by atoms with Crippen LogP contribution in [0.5, 0.6) is 0 Å². The molecule has 0 aromatic heterocycles. The highest BCUT2D eigenvalue weighted by molar-refractivity contribution is 5.99. The van der Waals surface area contributed by atoms with Gasteiger partial charge in [0.2, 0.25) is 0 Å². The van der Waals surface area contributed by atoms with Crippen LogP contribution in [0.15, 0.2) is 90.2 Å². The number of nitro benzene ring substituents is 1. The summed E-state index contributed by atoms with van der Waals surface area (Å²) in [6, 6.07) is 18.8. The quantitative estimate of drug-likeness (QED) is 0.115. The number of nitrogens with one attached hydrogen (secondary N) is 1. The summed E-state index contributed by atoms with van der Waals surface area (Å²) in [7, 11) is 0. The highest BCUT2D eigenvalue weighted by Gasteiger charge is 2.48. The molecule has 0 saturated heterocycles. The molecule has 236 valence electrons. The van der Waals surface area contributed by atoms with Crippen molar-refractivity contribution < 1.29 is 29.6 Å². The molecule has 10 nitrogen and oxygen atoms in total. The minimum absolute atomic E-state index is 0.0290. The standard InChI is InChI=1S/C36H36N4O6/c1-35(2)27-13-11-24-7-5-6-8-26(24)34(27)39(20-18-33(43)44)31(35)16-10-23(22-37)9-15-30-36(3,4)28-21-25(40(45)46)12-14-29(28)38(30)19-17-32(41)42/h5-16,21,30H,17-20H2,1-4H3,(H,41,42)(H,43,44)/p+1/b15-9+,23-10-,31-16+. The minimum Gasteiger partial charge on any atom is -0.481 e. The number of carboxylic acid groups (broad SMARTS) is 2. The van der Waals surface area contributed by atoms with Crippen molar-refractivity contribution in [1.29, 1.82) is 5.26 Å². The van der Waals surface area contributed by atoms with Gasteiger partial charge in [-0.15, -0.1) is 0 Å². The van der Waals surface area contributed by atoms with Gasteiger partial charge in [0.05, 0.1) is 47.1 Å². The molecule has 2 aliphatic heterocycles. The Balaban J connectivity index is 1.54. The molecule has 0 bridgehead atoms. The fourth-order valence-electron chi connectivity index (χ4n) is 7.00. The van der Waals surface area contributed by atoms with Gasteiger partial charge >= 0.3 is 11.9 Å². The average molecular weight is 622 g/mol. The molecule has 3 aromatic rings. The first-order chi connectivity index (χ1) is 21.8. The van der Waals surface area contributed by atoms with E-state index in [0.29, 0.717) is 5.57 Å². The zero-order valence-corrected chi connectivity index (χ0v) is 26.3. The van der Waals surface area contributed by atoms with Crippen molar-refractivity contribution in [3.63, 3.8) is 0 Å². The van der Waals surface area contributed by atoms with E-state index in [9.17, 15) is 35.2 Å². The molecule has 0 aliphatic carbocycles. The number of hydrogen-bond acceptors (Lipinski definition) is 6. The number of fused-ring (bicyclic) bond motifs is 4. The second-order valence-electron chi connectivity index (χ2n) is 12.9. The normalized spacial score (nSPS) is 20.5. The Hall–Kier alpha value is -5.27. The van der Waals surface area contributed by atoms with Crippen LogP contribution in [0.4, 0.5) is 17.1 Å². The zero-order valence-electron chi connectivity index (χ0n) is 26.3. The van der Waals surface area contributed by atoms with Crippen molar-refractivity contribution in [3.8, 4) is 6.07 Å². The van der Waals surface area contributed by atoms with Crippen LogP contribution in [0.2, 0.25) is 0 Å². The number of carboxylic acids is 2. The number of nitro groups is 1. The van der Waals surface area contributed by atoms with Crippen LogP contribution in [0.25, 0.3) is 10.8 Å². The number of non-ortho nitro benzene ring substituents is 1. The van der Waals surface area contributed by atoms with Gasteiger partial charge in [0.15, 0.2) is 0 Å². The monoisotopic (exact) mass is 621 g/mol. The molecule has 0 fully saturated rings. The predicted molar refractivity (Wildman–Crippen MR) is 175 cm³/mol. The number of rotatable bonds is 10. The number of quaternary nitrogens is 1. The van der Waals surface area contributed by atoms with Crippen LogP contribution in [0, 0.1) is 21.4 Å². The molecule has 10 heteroatoms. The van der Waals surface area contributed by atoms with E-state index < -0.39 is 27.7 Å². The van der Waals surface area contributed by atoms with E-state index in [1.165, 1.54) is 6.07 Å². The number of hydrogen-bond donors (Lipinski definition) is 3. The predicted octanol–water partition coefficient (Wildman–Crippen LogP) is 5.56. The maximum Gasteiger partial charge on any atom is 0.309 e. The number of benzene rings is 3. The molecule has 2 aliphatic rings. The largest absolute Gasteiger partial charge is 0.481 e. The smallest absolute Gasteiger partial charge is 0.309 e. The van der Waals surface area contributed by atoms with E-state index in [4.69, 9.17) is 0 Å². The Morgan fingerprint density at radius 1 is 1.04 bits per heavy atom. The SMILES string of the molecule is CC1(C)\C(=C/C=C(C#N)/C=C/C2[NH+](CCC(=O)O)c3ccc([N+](=O)[O-])cc3C2(C)C)N(CCC(=O)O)c2c1ccc1ccccc21. The Kier molecular flexibility index (Phi) is 8.56. The third kappa shape index (κ3) is 5.77. The van der Waals surface area contributed by atoms with Gasteiger partial charge in [0.25, 0.3) is 5.69 Å². The number of aliphatic carboxylic acids is 2. The highest BCUT2D eigenvalue weighted by Crippen LogP contribution is 2.50. The van der Waals surface area contributed by atoms with E-state index in [1.807, 2.05) is 55.2 Å². The van der Waals surface area contributed by atoms with E-state index >= 15 is 0 Å². The lowest BCUT2D eigenvalue weighted by molar-refractivity contribution is -0.849. The molecule has 0 radical (unpaired) electrons. The fourth-order valence-corrected chi connectivity index (χ4v) is 7.00. The first-order valence-electron chi connectivity index (χ1n) is 15.2. The third-order valence-corrected chi connectivity index (χ3v) is 9.36. The molecular formula is C36H37N4O6+. The summed E-state index contributed by atoms with van der Waals surface area (Å²) in [5, 5.41) is 42.7. The third-order valence-electron chi connectivity index (χ3n) is 9.36. The molecule has 5 rings (SSSR count). The molecular weight excluding hydrogens is 584 g/mol. The van der Waals surface area contributed by atoms with Crippen molar-refractivity contribution in [2.75, 3.05) is 18.0 Å². The Bertz CT molecular complexity index is 1880. The van der Waals surface area contributed by atoms with E-state index in [1.54, 1.807) is 24.3 Å². The lowest BCUT2D eigenvalue weighted by Gasteiger charge is -2.27. The van der Waals surface area contributed by atoms with Gasteiger partial charge in [-0.1, -0.05) is 50.2 Å². The molecule has 3 aromatic carbocycles. The number of allylic oxidation sites excluding steroid dienone is 5. The summed E-state index contributed by atoms with van der Waals surface area (Å²) in [5.41, 5.74) is 3.76. The van der Waals surface area contributed by atoms with Gasteiger partial charge in [-0.2, -0.15) is 5.26 Å². The highest BCUT2D eigenvalue weighted by atomic mass is 16.6. The van der Waals surface area contributed by atoms with Gasteiger partial charge < -0.3 is 15.1 Å². The minimum atomic E-state index is -0.937. The van der Waals surface area contributed by atoms with Gasteiger partial charge in [-0.05, 0) is 49.1 Å². The fraction of sp³-hybridized carbons (Fsp3) is 0.306. The Morgan fingerprint density at radius 3 is 2.43 bits per heavy atom. The van der Waals surface area contributed by atoms with Crippen LogP contribution in [0.1, 0.15) is 51.7 Å². The summed E-state index contributed by atoms with van der Waals surface area (Å²) < 4.78 is 0. The van der Waals surface area contributed by atoms with Gasteiger partial charge in [0.1, 0.15) is 11.7 Å². The van der Waals surface area contributed by atoms with Crippen molar-refractivity contribution in [1.82, 2.24) is 0 Å². The van der Waals surface area contributed by atoms with E-state index in [0.717, 1.165) is 43.9 Å². The molecule has 3 N–H and O–H groups in total. The van der Waals surface area contributed by atoms with Crippen LogP contribution in [-0.2, 0) is 20.4 Å². The van der Waals surface area contributed by atoms with Crippen LogP contribution in [-0.4, -0.2) is 46.2 Å². The lowest BCUT2D eigenvalue weighted by atomic mass is 9.80. The second kappa shape index (κ2) is 12.3. The maximum atomic E-state index is 11.6. The molecule has 2 unspecified atom stereocenters. The topological polar surface area (TPSA) is 149 Å². The molecule has 2 heterocycles. The lowest BCUT2D eigenvalue weighted by Crippen LogP contribution is -3.10. The zero-order chi connectivity index (χ0) is 33.4. The van der Waals surface area contributed by atoms with Gasteiger partial charge in [-0.25, -0.2) is 0 Å². The summed E-state index contributed by atoms with van der Waals surface area (Å²) in [6.07, 6.45) is 7.07. The Morgan fingerprint density at radius 2 is 1.76 bits per heavy atom. The maximum absolute atomic E-state index is 11.6. The van der Waals surface area contributed by atoms with Crippen molar-refractivity contribution in [3.05, 3.63) is 111 Å². The van der Waals surface area contributed by atoms with Crippen molar-refractivity contribution in [2.45, 2.75) is 57.4 Å². The molecule has 0 spiro atoms. The van der Waals surface area contributed by atoms with Crippen molar-refractivity contribution >= 4 is 39.8 Å². The van der Waals surface area contributed by atoms with E-state index in [-0.39, 0.29) is 37.7 Å². The van der Waals surface area contributed by atoms with Gasteiger partial charge in [0, 0.05) is 46.8 Å². The first kappa shape index (κ1) is 32.1.